The summed E-state index contributed by atoms with van der Waals surface area (Å²) in [5.41, 5.74) is 2.47. The second-order valence-corrected chi connectivity index (χ2v) is 10.2. The molecule has 3 unspecified atom stereocenters. The smallest absolute Gasteiger partial charge is 0.336 e. The van der Waals surface area contributed by atoms with Crippen molar-refractivity contribution in [1.82, 2.24) is 10.3 Å². The summed E-state index contributed by atoms with van der Waals surface area (Å²) in [4.78, 5) is 31.5. The molecule has 2 heterocycles. The molecule has 1 aromatic heterocycles. The average Bonchev–Trinajstić information content (AvgIpc) is 3.32. The van der Waals surface area contributed by atoms with E-state index < -0.39 is 29.4 Å². The minimum absolute atomic E-state index is 0.209. The largest absolute Gasteiger partial charge is 0.466 e. The maximum Gasteiger partial charge on any atom is 0.336 e. The van der Waals surface area contributed by atoms with Crippen molar-refractivity contribution in [2.45, 2.75) is 39.3 Å². The van der Waals surface area contributed by atoms with Crippen molar-refractivity contribution in [2.24, 2.45) is 5.92 Å². The van der Waals surface area contributed by atoms with Crippen LogP contribution < -0.4 is 10.6 Å². The molecule has 2 aromatic carbocycles. The van der Waals surface area contributed by atoms with Gasteiger partial charge in [0, 0.05) is 27.6 Å². The van der Waals surface area contributed by atoms with E-state index in [0.717, 1.165) is 16.8 Å². The molecule has 0 saturated carbocycles. The van der Waals surface area contributed by atoms with Crippen molar-refractivity contribution in [2.75, 3.05) is 18.5 Å². The van der Waals surface area contributed by atoms with E-state index in [2.05, 4.69) is 10.6 Å². The molecule has 0 spiro atoms. The molecule has 37 heavy (non-hydrogen) atoms. The van der Waals surface area contributed by atoms with Gasteiger partial charge in [0.05, 0.1) is 24.5 Å². The molecule has 7 nitrogen and oxygen atoms in total. The van der Waals surface area contributed by atoms with Crippen molar-refractivity contribution in [3.8, 4) is 11.3 Å². The number of carbonyl (C=O) groups is 2. The van der Waals surface area contributed by atoms with E-state index in [1.807, 2.05) is 73.8 Å². The zero-order valence-corrected chi connectivity index (χ0v) is 22.8. The molecular weight excluding hydrogens is 510 g/mol. The van der Waals surface area contributed by atoms with Crippen molar-refractivity contribution in [1.29, 1.82) is 0 Å². The van der Waals surface area contributed by atoms with Crippen LogP contribution in [0.3, 0.4) is 0 Å². The number of esters is 2. The van der Waals surface area contributed by atoms with Crippen molar-refractivity contribution < 1.29 is 19.1 Å². The molecule has 0 bridgehead atoms. The molecular formula is C28H30ClN3O4S. The van der Waals surface area contributed by atoms with Crippen LogP contribution in [0.25, 0.3) is 11.3 Å². The highest BCUT2D eigenvalue weighted by molar-refractivity contribution is 7.14. The van der Waals surface area contributed by atoms with E-state index in [4.69, 9.17) is 26.1 Å². The molecule has 0 radical (unpaired) electrons. The van der Waals surface area contributed by atoms with Gasteiger partial charge in [-0.05, 0) is 45.4 Å². The van der Waals surface area contributed by atoms with Crippen molar-refractivity contribution in [3.63, 3.8) is 0 Å². The van der Waals surface area contributed by atoms with Gasteiger partial charge >= 0.3 is 11.9 Å². The summed E-state index contributed by atoms with van der Waals surface area (Å²) < 4.78 is 11.0. The van der Waals surface area contributed by atoms with Gasteiger partial charge < -0.3 is 20.1 Å². The first-order valence-corrected chi connectivity index (χ1v) is 13.4. The zero-order valence-electron chi connectivity index (χ0n) is 21.2. The SMILES string of the molecule is CCOC(=O)C1=C(C)NC(C)(Nc2nc(-c3cccc(Cl)c3)cs2)C(C(=O)OCC)C1c1ccccc1. The normalized spacial score (nSPS) is 21.2. The number of nitrogens with one attached hydrogen (secondary N) is 2. The summed E-state index contributed by atoms with van der Waals surface area (Å²) >= 11 is 7.59. The van der Waals surface area contributed by atoms with E-state index in [1.165, 1.54) is 11.3 Å². The molecule has 3 aromatic rings. The van der Waals surface area contributed by atoms with Gasteiger partial charge in [-0.25, -0.2) is 9.78 Å². The first kappa shape index (κ1) is 26.7. The molecule has 0 fully saturated rings. The molecule has 0 aliphatic carbocycles. The lowest BCUT2D eigenvalue weighted by atomic mass is 9.71. The van der Waals surface area contributed by atoms with E-state index in [0.29, 0.717) is 21.4 Å². The van der Waals surface area contributed by atoms with Gasteiger partial charge in [-0.2, -0.15) is 0 Å². The van der Waals surface area contributed by atoms with E-state index in [-0.39, 0.29) is 13.2 Å². The molecule has 1 aliphatic heterocycles. The predicted octanol–water partition coefficient (Wildman–Crippen LogP) is 6.00. The Morgan fingerprint density at radius 1 is 1.11 bits per heavy atom. The standard InChI is InChI=1S/C28H30ClN3O4S/c1-5-35-25(33)22-17(3)31-28(4,24(26(34)36-6-2)23(22)18-11-8-7-9-12-18)32-27-30-21(16-37-27)19-13-10-14-20(29)15-19/h7-16,23-24,31H,5-6H2,1-4H3,(H,30,32). The molecule has 2 N–H and O–H groups in total. The third kappa shape index (κ3) is 5.65. The Bertz CT molecular complexity index is 1310. The van der Waals surface area contributed by atoms with Gasteiger partial charge in [-0.3, -0.25) is 4.79 Å². The predicted molar refractivity (Wildman–Crippen MR) is 146 cm³/mol. The molecule has 9 heteroatoms. The quantitative estimate of drug-likeness (QED) is 0.339. The number of rotatable bonds is 8. The molecule has 0 saturated heterocycles. The number of halogens is 1. The van der Waals surface area contributed by atoms with Crippen LogP contribution in [0.4, 0.5) is 5.13 Å². The second kappa shape index (κ2) is 11.4. The number of ether oxygens (including phenoxy) is 2. The van der Waals surface area contributed by atoms with Crippen LogP contribution in [0.1, 0.15) is 39.2 Å². The van der Waals surface area contributed by atoms with E-state index in [1.54, 1.807) is 13.8 Å². The van der Waals surface area contributed by atoms with Crippen LogP contribution in [0.15, 0.2) is 71.2 Å². The van der Waals surface area contributed by atoms with Gasteiger partial charge in [0.15, 0.2) is 5.13 Å². The van der Waals surface area contributed by atoms with Gasteiger partial charge in [0.2, 0.25) is 0 Å². The number of aromatic nitrogens is 1. The van der Waals surface area contributed by atoms with Crippen LogP contribution in [0.5, 0.6) is 0 Å². The third-order valence-corrected chi connectivity index (χ3v) is 7.30. The number of carbonyl (C=O) groups excluding carboxylic acids is 2. The summed E-state index contributed by atoms with van der Waals surface area (Å²) in [5.74, 6) is -2.31. The number of allylic oxidation sites excluding steroid dienone is 1. The fraction of sp³-hybridized carbons (Fsp3) is 0.321. The van der Waals surface area contributed by atoms with Crippen LogP contribution in [-0.4, -0.2) is 35.8 Å². The summed E-state index contributed by atoms with van der Waals surface area (Å²) in [6.45, 7) is 7.67. The van der Waals surface area contributed by atoms with Gasteiger partial charge in [-0.15, -0.1) is 11.3 Å². The first-order valence-electron chi connectivity index (χ1n) is 12.1. The monoisotopic (exact) mass is 539 g/mol. The highest BCUT2D eigenvalue weighted by Gasteiger charge is 2.52. The summed E-state index contributed by atoms with van der Waals surface area (Å²) in [6.07, 6.45) is 0. The minimum atomic E-state index is -1.03. The van der Waals surface area contributed by atoms with Crippen LogP contribution >= 0.6 is 22.9 Å². The minimum Gasteiger partial charge on any atom is -0.466 e. The fourth-order valence-electron chi connectivity index (χ4n) is 4.82. The molecule has 194 valence electrons. The Morgan fingerprint density at radius 2 is 1.84 bits per heavy atom. The van der Waals surface area contributed by atoms with Gasteiger partial charge in [-0.1, -0.05) is 54.1 Å². The fourth-order valence-corrected chi connectivity index (χ4v) is 5.85. The highest BCUT2D eigenvalue weighted by atomic mass is 35.5. The second-order valence-electron chi connectivity index (χ2n) is 8.88. The molecule has 0 amide bonds. The summed E-state index contributed by atoms with van der Waals surface area (Å²) in [5, 5.41) is 10.0. The highest BCUT2D eigenvalue weighted by Crippen LogP contribution is 2.45. The summed E-state index contributed by atoms with van der Waals surface area (Å²) in [6, 6.07) is 17.0. The number of hydrogen-bond acceptors (Lipinski definition) is 8. The van der Waals surface area contributed by atoms with E-state index in [9.17, 15) is 9.59 Å². The average molecular weight is 540 g/mol. The Labute approximate surface area is 225 Å². The summed E-state index contributed by atoms with van der Waals surface area (Å²) in [7, 11) is 0. The lowest BCUT2D eigenvalue weighted by Gasteiger charge is -2.46. The Balaban J connectivity index is 1.80. The molecule has 4 rings (SSSR count). The van der Waals surface area contributed by atoms with Crippen LogP contribution in [0, 0.1) is 5.92 Å². The lowest BCUT2D eigenvalue weighted by Crippen LogP contribution is -2.62. The third-order valence-electron chi connectivity index (χ3n) is 6.30. The van der Waals surface area contributed by atoms with E-state index >= 15 is 0 Å². The number of benzene rings is 2. The molecule has 3 atom stereocenters. The lowest BCUT2D eigenvalue weighted by molar-refractivity contribution is -0.152. The molecule has 1 aliphatic rings. The van der Waals surface area contributed by atoms with Crippen LogP contribution in [0.2, 0.25) is 5.02 Å². The number of thiazole rings is 1. The number of hydrogen-bond donors (Lipinski definition) is 2. The Kier molecular flexibility index (Phi) is 8.19. The maximum atomic E-state index is 13.6. The Morgan fingerprint density at radius 3 is 2.51 bits per heavy atom. The van der Waals surface area contributed by atoms with Crippen LogP contribution in [-0.2, 0) is 19.1 Å². The first-order chi connectivity index (χ1) is 17.8. The number of anilines is 1. The zero-order chi connectivity index (χ0) is 26.6. The Hall–Kier alpha value is -3.36. The maximum absolute atomic E-state index is 13.6. The van der Waals surface area contributed by atoms with Gasteiger partial charge in [0.25, 0.3) is 0 Å². The van der Waals surface area contributed by atoms with Gasteiger partial charge in [0.1, 0.15) is 11.6 Å². The topological polar surface area (TPSA) is 89.5 Å². The van der Waals surface area contributed by atoms with Crippen molar-refractivity contribution >= 4 is 40.0 Å². The number of nitrogens with zero attached hydrogens (tertiary/aromatic N) is 1. The van der Waals surface area contributed by atoms with Crippen molar-refractivity contribution in [3.05, 3.63) is 81.8 Å².